The van der Waals surface area contributed by atoms with Gasteiger partial charge in [0.25, 0.3) is 0 Å². The van der Waals surface area contributed by atoms with Crippen LogP contribution in [0.3, 0.4) is 0 Å². The van der Waals surface area contributed by atoms with Crippen molar-refractivity contribution in [1.29, 1.82) is 0 Å². The summed E-state index contributed by atoms with van der Waals surface area (Å²) in [5.41, 5.74) is 1.89. The topological polar surface area (TPSA) is 26.3 Å². The van der Waals surface area contributed by atoms with Crippen molar-refractivity contribution in [2.75, 3.05) is 14.1 Å². The van der Waals surface area contributed by atoms with Gasteiger partial charge in [0.2, 0.25) is 0 Å². The average Bonchev–Trinajstić information content (AvgIpc) is 2.40. The zero-order valence-corrected chi connectivity index (χ0v) is 11.8. The molecule has 2 aromatic rings. The largest absolute Gasteiger partial charge is 1.00 e. The van der Waals surface area contributed by atoms with E-state index in [1.807, 2.05) is 79.7 Å². The first-order chi connectivity index (χ1) is 8.70. The van der Waals surface area contributed by atoms with Crippen LogP contribution in [0.4, 0.5) is 0 Å². The minimum Gasteiger partial charge on any atom is -0.847 e. The van der Waals surface area contributed by atoms with E-state index in [4.69, 9.17) is 0 Å². The molecule has 0 unspecified atom stereocenters. The molecule has 2 aromatic carbocycles. The third-order valence-corrected chi connectivity index (χ3v) is 3.11. The average molecular weight is 247 g/mol. The molecule has 0 heterocycles. The Balaban J connectivity index is 0.00000180. The number of likely N-dealkylation sites (N-methyl/N-ethyl adjacent to an activating group) is 1. The summed E-state index contributed by atoms with van der Waals surface area (Å²) in [6.45, 7) is 0. The Labute approximate surface area is 127 Å². The fraction of sp³-hybridized carbons (Fsp3) is 0.250. The molecule has 0 N–H and O–H groups in total. The van der Waals surface area contributed by atoms with Crippen LogP contribution in [0.1, 0.15) is 23.3 Å². The Bertz CT molecular complexity index is 473. The second kappa shape index (κ2) is 7.52. The smallest absolute Gasteiger partial charge is 0.847 e. The van der Waals surface area contributed by atoms with Crippen molar-refractivity contribution >= 4 is 0 Å². The van der Waals surface area contributed by atoms with Gasteiger partial charge in [-0.25, -0.2) is 0 Å². The quantitative estimate of drug-likeness (QED) is 0.674. The van der Waals surface area contributed by atoms with Crippen LogP contribution < -0.4 is 24.0 Å². The predicted molar refractivity (Wildman–Crippen MR) is 72.1 cm³/mol. The first kappa shape index (κ1) is 16.0. The molecule has 0 aromatic heterocycles. The maximum atomic E-state index is 12.6. The minimum absolute atomic E-state index is 0. The van der Waals surface area contributed by atoms with Crippen LogP contribution in [0.15, 0.2) is 60.7 Å². The zero-order valence-electron chi connectivity index (χ0n) is 11.8. The van der Waals surface area contributed by atoms with E-state index in [1.165, 1.54) is 0 Å². The summed E-state index contributed by atoms with van der Waals surface area (Å²) in [6, 6.07) is 19.4. The molecular weight excluding hydrogens is 229 g/mol. The molecule has 3 heteroatoms. The van der Waals surface area contributed by atoms with Crippen molar-refractivity contribution in [3.63, 3.8) is 0 Å². The van der Waals surface area contributed by atoms with Crippen molar-refractivity contribution < 1.29 is 24.0 Å². The number of hydrogen-bond donors (Lipinski definition) is 0. The van der Waals surface area contributed by atoms with E-state index in [1.54, 1.807) is 0 Å². The molecule has 2 nitrogen and oxygen atoms in total. The van der Waals surface area contributed by atoms with E-state index in [2.05, 4.69) is 0 Å². The van der Waals surface area contributed by atoms with Gasteiger partial charge in [0.05, 0.1) is 0 Å². The molecule has 0 bridgehead atoms. The molecule has 2 rings (SSSR count). The van der Waals surface area contributed by atoms with Crippen LogP contribution in [0.25, 0.3) is 0 Å². The van der Waals surface area contributed by atoms with Gasteiger partial charge in [-0.1, -0.05) is 72.3 Å². The molecule has 0 spiro atoms. The Kier molecular flexibility index (Phi) is 6.34. The van der Waals surface area contributed by atoms with Crippen LogP contribution in [0, 0.1) is 0 Å². The minimum atomic E-state index is -0.774. The van der Waals surface area contributed by atoms with Gasteiger partial charge in [-0.05, 0) is 19.7 Å². The number of hydrogen-bond acceptors (Lipinski definition) is 2. The maximum Gasteiger partial charge on any atom is 1.00 e. The van der Waals surface area contributed by atoms with Gasteiger partial charge in [0.1, 0.15) is 0 Å². The van der Waals surface area contributed by atoms with Gasteiger partial charge < -0.3 is 10.0 Å². The summed E-state index contributed by atoms with van der Waals surface area (Å²) in [4.78, 5) is 1.99. The van der Waals surface area contributed by atoms with Gasteiger partial charge in [-0.3, -0.25) is 0 Å². The molecule has 0 saturated carbocycles. The Morgan fingerprint density at radius 1 is 0.789 bits per heavy atom. The van der Waals surface area contributed by atoms with Gasteiger partial charge in [0.15, 0.2) is 0 Å². The summed E-state index contributed by atoms with van der Waals surface area (Å²) in [5, 5.41) is 12.6. The maximum absolute atomic E-state index is 12.6. The second-order valence-electron chi connectivity index (χ2n) is 4.65. The number of benzene rings is 2. The Morgan fingerprint density at radius 2 is 1.21 bits per heavy atom. The van der Waals surface area contributed by atoms with Crippen LogP contribution in [-0.4, -0.2) is 19.0 Å². The summed E-state index contributed by atoms with van der Waals surface area (Å²) in [5.74, 6) is 0. The molecule has 2 atom stereocenters. The van der Waals surface area contributed by atoms with E-state index >= 15 is 0 Å². The summed E-state index contributed by atoms with van der Waals surface area (Å²) in [6.07, 6.45) is -0.774. The molecular formula is C16H18LiNO. The monoisotopic (exact) mass is 247 g/mol. The molecule has 0 radical (unpaired) electrons. The predicted octanol–water partition coefficient (Wildman–Crippen LogP) is -0.605. The van der Waals surface area contributed by atoms with Gasteiger partial charge in [-0.15, -0.1) is 0 Å². The molecule has 0 aliphatic heterocycles. The van der Waals surface area contributed by atoms with Crippen molar-refractivity contribution in [3.05, 3.63) is 71.8 Å². The SMILES string of the molecule is CN(C)[C@@H](c1ccccc1)[C@H]([O-])c1ccccc1.[Li+]. The van der Waals surface area contributed by atoms with Crippen molar-refractivity contribution in [2.24, 2.45) is 0 Å². The molecule has 0 aliphatic carbocycles. The molecule has 0 aliphatic rings. The third-order valence-electron chi connectivity index (χ3n) is 3.11. The second-order valence-corrected chi connectivity index (χ2v) is 4.65. The third kappa shape index (κ3) is 3.96. The summed E-state index contributed by atoms with van der Waals surface area (Å²) < 4.78 is 0. The molecule has 0 fully saturated rings. The van der Waals surface area contributed by atoms with Crippen molar-refractivity contribution in [3.8, 4) is 0 Å². The van der Waals surface area contributed by atoms with Gasteiger partial charge in [-0.2, -0.15) is 0 Å². The van der Waals surface area contributed by atoms with Crippen molar-refractivity contribution in [2.45, 2.75) is 12.1 Å². The Hall–Kier alpha value is -1.04. The summed E-state index contributed by atoms with van der Waals surface area (Å²) in [7, 11) is 3.90. The fourth-order valence-electron chi connectivity index (χ4n) is 2.22. The fourth-order valence-corrected chi connectivity index (χ4v) is 2.22. The van der Waals surface area contributed by atoms with Crippen LogP contribution in [0.5, 0.6) is 0 Å². The standard InChI is InChI=1S/C16H18NO.Li/c1-17(2)15(13-9-5-3-6-10-13)16(18)14-11-7-4-8-12-14;/h3-12,15-16H,1-2H3;/q-1;+1/t15-,16+;/m0./s1. The van der Waals surface area contributed by atoms with E-state index in [0.717, 1.165) is 11.1 Å². The Morgan fingerprint density at radius 3 is 1.63 bits per heavy atom. The first-order valence-corrected chi connectivity index (χ1v) is 6.12. The molecule has 94 valence electrons. The van der Waals surface area contributed by atoms with Crippen LogP contribution in [0.2, 0.25) is 0 Å². The van der Waals surface area contributed by atoms with Gasteiger partial charge >= 0.3 is 18.9 Å². The first-order valence-electron chi connectivity index (χ1n) is 6.12. The molecule has 0 amide bonds. The summed E-state index contributed by atoms with van der Waals surface area (Å²) >= 11 is 0. The van der Waals surface area contributed by atoms with E-state index in [-0.39, 0.29) is 24.9 Å². The number of rotatable bonds is 4. The molecule has 19 heavy (non-hydrogen) atoms. The zero-order chi connectivity index (χ0) is 13.0. The normalized spacial score (nSPS) is 13.7. The van der Waals surface area contributed by atoms with E-state index in [0.29, 0.717) is 0 Å². The van der Waals surface area contributed by atoms with Crippen LogP contribution >= 0.6 is 0 Å². The van der Waals surface area contributed by atoms with Crippen molar-refractivity contribution in [1.82, 2.24) is 4.90 Å². The molecule has 0 saturated heterocycles. The van der Waals surface area contributed by atoms with E-state index < -0.39 is 6.10 Å². The van der Waals surface area contributed by atoms with Crippen LogP contribution in [-0.2, 0) is 0 Å². The van der Waals surface area contributed by atoms with E-state index in [9.17, 15) is 5.11 Å². The number of nitrogens with zero attached hydrogens (tertiary/aromatic N) is 1. The van der Waals surface area contributed by atoms with Gasteiger partial charge in [0, 0.05) is 6.04 Å².